The average molecular weight is 241 g/mol. The Morgan fingerprint density at radius 1 is 1.47 bits per heavy atom. The molecule has 1 unspecified atom stereocenters. The molecule has 0 aliphatic rings. The van der Waals surface area contributed by atoms with E-state index in [2.05, 4.69) is 5.32 Å². The summed E-state index contributed by atoms with van der Waals surface area (Å²) < 4.78 is 13.4. The summed E-state index contributed by atoms with van der Waals surface area (Å²) in [5.74, 6) is -1.38. The van der Waals surface area contributed by atoms with Crippen LogP contribution in [-0.4, -0.2) is 28.8 Å². The molecule has 17 heavy (non-hydrogen) atoms. The fourth-order valence-electron chi connectivity index (χ4n) is 1.52. The van der Waals surface area contributed by atoms with Gasteiger partial charge in [0.05, 0.1) is 12.5 Å². The highest BCUT2D eigenvalue weighted by Crippen LogP contribution is 2.15. The Bertz CT molecular complexity index is 384. The molecule has 0 aromatic heterocycles. The third-order valence-corrected chi connectivity index (χ3v) is 2.44. The molecule has 0 heterocycles. The largest absolute Gasteiger partial charge is 0.481 e. The van der Waals surface area contributed by atoms with Crippen LogP contribution in [0.1, 0.15) is 24.9 Å². The SMILES string of the molecule is C[C@@H](NCC(O)CC(=O)O)c1ccccc1F. The zero-order valence-electron chi connectivity index (χ0n) is 9.56. The first-order valence-corrected chi connectivity index (χ1v) is 5.38. The van der Waals surface area contributed by atoms with Gasteiger partial charge in [-0.3, -0.25) is 4.79 Å². The zero-order chi connectivity index (χ0) is 12.8. The second-order valence-corrected chi connectivity index (χ2v) is 3.90. The summed E-state index contributed by atoms with van der Waals surface area (Å²) in [6.45, 7) is 1.87. The lowest BCUT2D eigenvalue weighted by Crippen LogP contribution is -2.31. The minimum atomic E-state index is -1.06. The van der Waals surface area contributed by atoms with Crippen molar-refractivity contribution < 1.29 is 19.4 Å². The molecule has 3 N–H and O–H groups in total. The molecule has 0 saturated heterocycles. The predicted molar refractivity (Wildman–Crippen MR) is 61.1 cm³/mol. The Hall–Kier alpha value is -1.46. The van der Waals surface area contributed by atoms with Crippen molar-refractivity contribution in [2.75, 3.05) is 6.54 Å². The van der Waals surface area contributed by atoms with Gasteiger partial charge in [0.1, 0.15) is 5.82 Å². The van der Waals surface area contributed by atoms with E-state index in [1.165, 1.54) is 6.07 Å². The topological polar surface area (TPSA) is 69.6 Å². The molecular formula is C12H16FNO3. The molecular weight excluding hydrogens is 225 g/mol. The van der Waals surface area contributed by atoms with Crippen LogP contribution in [0.5, 0.6) is 0 Å². The van der Waals surface area contributed by atoms with Crippen LogP contribution >= 0.6 is 0 Å². The highest BCUT2D eigenvalue weighted by molar-refractivity contribution is 5.67. The van der Waals surface area contributed by atoms with E-state index in [1.54, 1.807) is 25.1 Å². The number of hydrogen-bond acceptors (Lipinski definition) is 3. The van der Waals surface area contributed by atoms with Crippen molar-refractivity contribution in [2.45, 2.75) is 25.5 Å². The number of aliphatic carboxylic acids is 1. The number of rotatable bonds is 6. The predicted octanol–water partition coefficient (Wildman–Crippen LogP) is 1.31. The maximum atomic E-state index is 13.4. The summed E-state index contributed by atoms with van der Waals surface area (Å²) in [6.07, 6.45) is -1.29. The first-order valence-electron chi connectivity index (χ1n) is 5.38. The monoisotopic (exact) mass is 241 g/mol. The van der Waals surface area contributed by atoms with Gasteiger partial charge in [-0.25, -0.2) is 4.39 Å². The summed E-state index contributed by atoms with van der Waals surface area (Å²) in [5, 5.41) is 20.7. The highest BCUT2D eigenvalue weighted by Gasteiger charge is 2.13. The highest BCUT2D eigenvalue weighted by atomic mass is 19.1. The number of nitrogens with one attached hydrogen (secondary N) is 1. The van der Waals surface area contributed by atoms with E-state index < -0.39 is 12.1 Å². The molecule has 2 atom stereocenters. The molecule has 0 aliphatic carbocycles. The molecule has 0 spiro atoms. The normalized spacial score (nSPS) is 14.3. The first-order chi connectivity index (χ1) is 8.00. The molecule has 1 rings (SSSR count). The van der Waals surface area contributed by atoms with Crippen LogP contribution < -0.4 is 5.32 Å². The van der Waals surface area contributed by atoms with E-state index in [-0.39, 0.29) is 24.8 Å². The van der Waals surface area contributed by atoms with Crippen molar-refractivity contribution in [3.8, 4) is 0 Å². The van der Waals surface area contributed by atoms with E-state index in [0.29, 0.717) is 5.56 Å². The molecule has 0 fully saturated rings. The number of halogens is 1. The fourth-order valence-corrected chi connectivity index (χ4v) is 1.52. The molecule has 0 amide bonds. The number of carbonyl (C=O) groups is 1. The minimum Gasteiger partial charge on any atom is -0.481 e. The van der Waals surface area contributed by atoms with Crippen LogP contribution in [0.2, 0.25) is 0 Å². The summed E-state index contributed by atoms with van der Waals surface area (Å²) in [5.41, 5.74) is 0.495. The lowest BCUT2D eigenvalue weighted by atomic mass is 10.1. The van der Waals surface area contributed by atoms with E-state index in [0.717, 1.165) is 0 Å². The van der Waals surface area contributed by atoms with Crippen molar-refractivity contribution in [1.82, 2.24) is 5.32 Å². The van der Waals surface area contributed by atoms with Crippen LogP contribution in [0, 0.1) is 5.82 Å². The van der Waals surface area contributed by atoms with Crippen molar-refractivity contribution in [2.24, 2.45) is 0 Å². The Labute approximate surface area is 99.1 Å². The number of aliphatic hydroxyl groups excluding tert-OH is 1. The quantitative estimate of drug-likeness (QED) is 0.702. The molecule has 1 aromatic rings. The number of carboxylic acid groups (broad SMARTS) is 1. The maximum Gasteiger partial charge on any atom is 0.306 e. The summed E-state index contributed by atoms with van der Waals surface area (Å²) in [4.78, 5) is 10.3. The van der Waals surface area contributed by atoms with Gasteiger partial charge in [0.15, 0.2) is 0 Å². The number of hydrogen-bond donors (Lipinski definition) is 3. The number of benzene rings is 1. The van der Waals surface area contributed by atoms with Crippen LogP contribution in [0.15, 0.2) is 24.3 Å². The molecule has 4 nitrogen and oxygen atoms in total. The van der Waals surface area contributed by atoms with Crippen LogP contribution in [0.4, 0.5) is 4.39 Å². The maximum absolute atomic E-state index is 13.4. The molecule has 0 aliphatic heterocycles. The number of aliphatic hydroxyl groups is 1. The molecule has 94 valence electrons. The smallest absolute Gasteiger partial charge is 0.306 e. The minimum absolute atomic E-state index is 0.113. The molecule has 0 bridgehead atoms. The van der Waals surface area contributed by atoms with Crippen molar-refractivity contribution in [3.05, 3.63) is 35.6 Å². The third kappa shape index (κ3) is 4.50. The molecule has 1 aromatic carbocycles. The second kappa shape index (κ2) is 6.32. The Balaban J connectivity index is 2.47. The van der Waals surface area contributed by atoms with Crippen molar-refractivity contribution in [1.29, 1.82) is 0 Å². The van der Waals surface area contributed by atoms with E-state index in [9.17, 15) is 14.3 Å². The second-order valence-electron chi connectivity index (χ2n) is 3.90. The van der Waals surface area contributed by atoms with Gasteiger partial charge in [-0.05, 0) is 13.0 Å². The van der Waals surface area contributed by atoms with Gasteiger partial charge in [0, 0.05) is 18.2 Å². The van der Waals surface area contributed by atoms with Crippen molar-refractivity contribution >= 4 is 5.97 Å². The summed E-state index contributed by atoms with van der Waals surface area (Å²) >= 11 is 0. The van der Waals surface area contributed by atoms with Gasteiger partial charge >= 0.3 is 5.97 Å². The van der Waals surface area contributed by atoms with Gasteiger partial charge in [0.25, 0.3) is 0 Å². The van der Waals surface area contributed by atoms with Gasteiger partial charge in [0.2, 0.25) is 0 Å². The van der Waals surface area contributed by atoms with Gasteiger partial charge < -0.3 is 15.5 Å². The Kier molecular flexibility index (Phi) is 5.06. The zero-order valence-corrected chi connectivity index (χ0v) is 9.56. The summed E-state index contributed by atoms with van der Waals surface area (Å²) in [7, 11) is 0. The van der Waals surface area contributed by atoms with Gasteiger partial charge in [-0.2, -0.15) is 0 Å². The average Bonchev–Trinajstić information content (AvgIpc) is 2.25. The van der Waals surface area contributed by atoms with E-state index in [4.69, 9.17) is 5.11 Å². The van der Waals surface area contributed by atoms with Gasteiger partial charge in [-0.15, -0.1) is 0 Å². The van der Waals surface area contributed by atoms with Crippen LogP contribution in [-0.2, 0) is 4.79 Å². The lowest BCUT2D eigenvalue weighted by molar-refractivity contribution is -0.139. The van der Waals surface area contributed by atoms with Crippen molar-refractivity contribution in [3.63, 3.8) is 0 Å². The number of carboxylic acids is 1. The van der Waals surface area contributed by atoms with E-state index >= 15 is 0 Å². The van der Waals surface area contributed by atoms with Crippen LogP contribution in [0.3, 0.4) is 0 Å². The lowest BCUT2D eigenvalue weighted by Gasteiger charge is -2.17. The van der Waals surface area contributed by atoms with Crippen LogP contribution in [0.25, 0.3) is 0 Å². The Morgan fingerprint density at radius 3 is 2.71 bits per heavy atom. The third-order valence-electron chi connectivity index (χ3n) is 2.44. The first kappa shape index (κ1) is 13.6. The Morgan fingerprint density at radius 2 is 2.12 bits per heavy atom. The summed E-state index contributed by atoms with van der Waals surface area (Å²) in [6, 6.07) is 6.06. The van der Waals surface area contributed by atoms with Gasteiger partial charge in [-0.1, -0.05) is 18.2 Å². The fraction of sp³-hybridized carbons (Fsp3) is 0.417. The molecule has 0 saturated carbocycles. The molecule has 0 radical (unpaired) electrons. The standard InChI is InChI=1S/C12H16FNO3/c1-8(10-4-2-3-5-11(10)13)14-7-9(15)6-12(16)17/h2-5,8-9,14-15H,6-7H2,1H3,(H,16,17)/t8-,9?/m1/s1. The van der Waals surface area contributed by atoms with E-state index in [1.807, 2.05) is 0 Å². The molecule has 5 heteroatoms.